The number of nitrogens with one attached hydrogen (secondary N) is 1. The van der Waals surface area contributed by atoms with Gasteiger partial charge in [0.25, 0.3) is 5.91 Å². The van der Waals surface area contributed by atoms with Crippen LogP contribution in [0.4, 0.5) is 5.69 Å². The van der Waals surface area contributed by atoms with Gasteiger partial charge in [0.1, 0.15) is 11.6 Å². The molecule has 8 nitrogen and oxygen atoms in total. The highest BCUT2D eigenvalue weighted by molar-refractivity contribution is 9.10. The Morgan fingerprint density at radius 2 is 2.00 bits per heavy atom. The van der Waals surface area contributed by atoms with Crippen molar-refractivity contribution in [3.63, 3.8) is 0 Å². The van der Waals surface area contributed by atoms with Crippen LogP contribution in [0.3, 0.4) is 0 Å². The molecule has 164 valence electrons. The number of carbonyl (C=O) groups excluding carboxylic acids is 1. The summed E-state index contributed by atoms with van der Waals surface area (Å²) in [5, 5.41) is 13.4. The smallest absolute Gasteiger partial charge is 0.278 e. The fourth-order valence-corrected chi connectivity index (χ4v) is 3.32. The normalized spacial score (nSPS) is 10.7. The maximum atomic E-state index is 12.1. The van der Waals surface area contributed by atoms with E-state index in [1.165, 1.54) is 7.11 Å². The van der Waals surface area contributed by atoms with Crippen LogP contribution in [0.1, 0.15) is 36.2 Å². The lowest BCUT2D eigenvalue weighted by atomic mass is 10.1. The topological polar surface area (TPSA) is 99.8 Å². The van der Waals surface area contributed by atoms with Gasteiger partial charge >= 0.3 is 0 Å². The van der Waals surface area contributed by atoms with Gasteiger partial charge in [0.05, 0.1) is 18.5 Å². The molecule has 0 bridgehead atoms. The largest absolute Gasteiger partial charge is 0.467 e. The molecule has 0 unspecified atom stereocenters. The van der Waals surface area contributed by atoms with E-state index in [9.17, 15) is 10.1 Å². The van der Waals surface area contributed by atoms with Crippen LogP contribution in [-0.2, 0) is 16.1 Å². The Hall–Kier alpha value is -2.96. The summed E-state index contributed by atoms with van der Waals surface area (Å²) in [4.78, 5) is 18.6. The van der Waals surface area contributed by atoms with Gasteiger partial charge in [0, 0.05) is 35.9 Å². The van der Waals surface area contributed by atoms with Gasteiger partial charge in [0.15, 0.2) is 6.61 Å². The Bertz CT molecular complexity index is 967. The van der Waals surface area contributed by atoms with Crippen molar-refractivity contribution in [1.82, 2.24) is 10.4 Å². The molecule has 1 aromatic heterocycles. The number of aromatic nitrogens is 1. The second-order valence-corrected chi connectivity index (χ2v) is 7.35. The fraction of sp³-hybridized carbons (Fsp3) is 0.364. The number of hydrazone groups is 1. The molecule has 31 heavy (non-hydrogen) atoms. The molecule has 1 N–H and O–H groups in total. The van der Waals surface area contributed by atoms with Crippen molar-refractivity contribution in [2.45, 2.75) is 27.4 Å². The van der Waals surface area contributed by atoms with E-state index in [4.69, 9.17) is 9.47 Å². The average Bonchev–Trinajstić information content (AvgIpc) is 2.77. The van der Waals surface area contributed by atoms with Crippen molar-refractivity contribution < 1.29 is 14.3 Å². The van der Waals surface area contributed by atoms with E-state index in [1.54, 1.807) is 13.1 Å². The molecule has 0 radical (unpaired) electrons. The van der Waals surface area contributed by atoms with Crippen molar-refractivity contribution in [3.05, 3.63) is 51.1 Å². The van der Waals surface area contributed by atoms with E-state index in [0.717, 1.165) is 24.3 Å². The SMILES string of the molecule is CCN(CC)c1ccc(/C=N\NC(=O)COc2nc(C)c(Br)c(COC)c2C#N)cc1. The molecule has 0 saturated carbocycles. The molecule has 0 spiro atoms. The first-order chi connectivity index (χ1) is 14.9. The first-order valence-corrected chi connectivity index (χ1v) is 10.6. The standard InChI is InChI=1S/C22H26BrN5O3/c1-5-28(6-2)17-9-7-16(8-10-17)12-25-27-20(29)14-31-22-18(11-24)19(13-30-4)21(23)15(3)26-22/h7-10,12H,5-6,13-14H2,1-4H3,(H,27,29)/b25-12-. The monoisotopic (exact) mass is 487 g/mol. The Morgan fingerprint density at radius 3 is 2.58 bits per heavy atom. The van der Waals surface area contributed by atoms with E-state index in [0.29, 0.717) is 15.7 Å². The summed E-state index contributed by atoms with van der Waals surface area (Å²) in [6.45, 7) is 7.76. The maximum Gasteiger partial charge on any atom is 0.278 e. The number of amides is 1. The van der Waals surface area contributed by atoms with Gasteiger partial charge in [0.2, 0.25) is 5.88 Å². The van der Waals surface area contributed by atoms with Gasteiger partial charge < -0.3 is 14.4 Å². The summed E-state index contributed by atoms with van der Waals surface area (Å²) >= 11 is 3.41. The summed E-state index contributed by atoms with van der Waals surface area (Å²) in [5.74, 6) is -0.378. The van der Waals surface area contributed by atoms with Crippen LogP contribution in [0.5, 0.6) is 5.88 Å². The molecule has 1 heterocycles. The molecular formula is C22H26BrN5O3. The third-order valence-corrected chi connectivity index (χ3v) is 5.58. The lowest BCUT2D eigenvalue weighted by molar-refractivity contribution is -0.123. The first-order valence-electron chi connectivity index (χ1n) is 9.82. The summed E-state index contributed by atoms with van der Waals surface area (Å²) in [6.07, 6.45) is 1.56. The fourth-order valence-electron chi connectivity index (χ4n) is 2.92. The van der Waals surface area contributed by atoms with E-state index in [2.05, 4.69) is 56.3 Å². The minimum absolute atomic E-state index is 0.0846. The third kappa shape index (κ3) is 6.51. The van der Waals surface area contributed by atoms with Crippen molar-refractivity contribution in [3.8, 4) is 11.9 Å². The summed E-state index contributed by atoms with van der Waals surface area (Å²) in [5.41, 5.74) is 5.89. The Morgan fingerprint density at radius 1 is 1.32 bits per heavy atom. The number of halogens is 1. The molecule has 1 aromatic carbocycles. The predicted molar refractivity (Wildman–Crippen MR) is 123 cm³/mol. The molecule has 2 rings (SSSR count). The molecule has 1 amide bonds. The molecule has 0 atom stereocenters. The minimum atomic E-state index is -0.462. The molecule has 0 aliphatic carbocycles. The number of hydrogen-bond donors (Lipinski definition) is 1. The molecule has 9 heteroatoms. The maximum absolute atomic E-state index is 12.1. The van der Waals surface area contributed by atoms with Crippen molar-refractivity contribution in [1.29, 1.82) is 5.26 Å². The molecule has 0 aliphatic heterocycles. The number of methoxy groups -OCH3 is 1. The number of ether oxygens (including phenoxy) is 2. The average molecular weight is 488 g/mol. The quantitative estimate of drug-likeness (QED) is 0.406. The predicted octanol–water partition coefficient (Wildman–Crippen LogP) is 3.55. The number of pyridine rings is 1. The van der Waals surface area contributed by atoms with Crippen LogP contribution >= 0.6 is 15.9 Å². The first kappa shape index (κ1) is 24.3. The van der Waals surface area contributed by atoms with Crippen LogP contribution in [0, 0.1) is 18.3 Å². The van der Waals surface area contributed by atoms with Gasteiger partial charge in [-0.3, -0.25) is 4.79 Å². The second-order valence-electron chi connectivity index (χ2n) is 6.56. The number of aryl methyl sites for hydroxylation is 1. The van der Waals surface area contributed by atoms with Crippen molar-refractivity contribution >= 4 is 33.7 Å². The van der Waals surface area contributed by atoms with Crippen LogP contribution in [0.25, 0.3) is 0 Å². The summed E-state index contributed by atoms with van der Waals surface area (Å²) in [6, 6.07) is 9.97. The number of nitrogens with zero attached hydrogens (tertiary/aromatic N) is 4. The summed E-state index contributed by atoms with van der Waals surface area (Å²) < 4.78 is 11.3. The molecule has 0 fully saturated rings. The van der Waals surface area contributed by atoms with Gasteiger partial charge in [-0.15, -0.1) is 0 Å². The van der Waals surface area contributed by atoms with Crippen LogP contribution < -0.4 is 15.1 Å². The Balaban J connectivity index is 1.98. The molecular weight excluding hydrogens is 462 g/mol. The number of nitriles is 1. The number of rotatable bonds is 10. The molecule has 0 aliphatic rings. The van der Waals surface area contributed by atoms with E-state index >= 15 is 0 Å². The zero-order chi connectivity index (χ0) is 22.8. The number of anilines is 1. The second kappa shape index (κ2) is 12.0. The van der Waals surface area contributed by atoms with E-state index in [1.807, 2.05) is 24.3 Å². The van der Waals surface area contributed by atoms with E-state index < -0.39 is 5.91 Å². The molecule has 0 saturated heterocycles. The number of benzene rings is 1. The van der Waals surface area contributed by atoms with Crippen molar-refractivity contribution in [2.75, 3.05) is 31.7 Å². The lowest BCUT2D eigenvalue weighted by Crippen LogP contribution is -2.25. The third-order valence-electron chi connectivity index (χ3n) is 4.53. The van der Waals surface area contributed by atoms with Gasteiger partial charge in [-0.25, -0.2) is 10.4 Å². The minimum Gasteiger partial charge on any atom is -0.467 e. The highest BCUT2D eigenvalue weighted by atomic mass is 79.9. The van der Waals surface area contributed by atoms with Gasteiger partial charge in [-0.1, -0.05) is 12.1 Å². The summed E-state index contributed by atoms with van der Waals surface area (Å²) in [7, 11) is 1.53. The van der Waals surface area contributed by atoms with Gasteiger partial charge in [-0.05, 0) is 54.4 Å². The Labute approximate surface area is 191 Å². The number of carbonyl (C=O) groups is 1. The highest BCUT2D eigenvalue weighted by Crippen LogP contribution is 2.29. The van der Waals surface area contributed by atoms with Crippen LogP contribution in [-0.4, -0.2) is 43.9 Å². The lowest BCUT2D eigenvalue weighted by Gasteiger charge is -2.20. The van der Waals surface area contributed by atoms with Crippen LogP contribution in [0.2, 0.25) is 0 Å². The molecule has 2 aromatic rings. The number of hydrogen-bond acceptors (Lipinski definition) is 7. The highest BCUT2D eigenvalue weighted by Gasteiger charge is 2.18. The van der Waals surface area contributed by atoms with E-state index in [-0.39, 0.29) is 24.7 Å². The Kier molecular flexibility index (Phi) is 9.43. The zero-order valence-corrected chi connectivity index (χ0v) is 19.7. The van der Waals surface area contributed by atoms with Crippen LogP contribution in [0.15, 0.2) is 33.8 Å². The zero-order valence-electron chi connectivity index (χ0n) is 18.1. The van der Waals surface area contributed by atoms with Gasteiger partial charge in [-0.2, -0.15) is 10.4 Å². The van der Waals surface area contributed by atoms with Crippen molar-refractivity contribution in [2.24, 2.45) is 5.10 Å².